The van der Waals surface area contributed by atoms with E-state index < -0.39 is 0 Å². The van der Waals surface area contributed by atoms with Crippen molar-refractivity contribution in [3.05, 3.63) is 53.1 Å². The van der Waals surface area contributed by atoms with Crippen LogP contribution in [0.25, 0.3) is 11.5 Å². The Hall–Kier alpha value is -2.14. The lowest BCUT2D eigenvalue weighted by molar-refractivity contribution is 0.518. The number of aromatic nitrogens is 4. The largest absolute Gasteiger partial charge is 0.420 e. The quantitative estimate of drug-likeness (QED) is 0.737. The van der Waals surface area contributed by atoms with Gasteiger partial charge in [0.2, 0.25) is 5.89 Å². The number of benzene rings is 1. The minimum atomic E-state index is 0.477. The summed E-state index contributed by atoms with van der Waals surface area (Å²) in [5.41, 5.74) is 1.85. The van der Waals surface area contributed by atoms with Crippen molar-refractivity contribution in [2.24, 2.45) is 7.05 Å². The molecule has 0 spiro atoms. The maximum Gasteiger partial charge on any atom is 0.250 e. The second-order valence-corrected chi connectivity index (χ2v) is 4.65. The molecule has 0 fully saturated rings. The Kier molecular flexibility index (Phi) is 3.05. The van der Waals surface area contributed by atoms with Crippen LogP contribution >= 0.6 is 11.6 Å². The average molecular weight is 275 g/mol. The van der Waals surface area contributed by atoms with Crippen molar-refractivity contribution in [1.29, 1.82) is 0 Å². The third-order valence-corrected chi connectivity index (χ3v) is 2.90. The van der Waals surface area contributed by atoms with E-state index in [-0.39, 0.29) is 0 Å². The van der Waals surface area contributed by atoms with Crippen LogP contribution in [-0.4, -0.2) is 20.0 Å². The summed E-state index contributed by atoms with van der Waals surface area (Å²) >= 11 is 5.94. The first kappa shape index (κ1) is 11.9. The minimum absolute atomic E-state index is 0.477. The zero-order valence-corrected chi connectivity index (χ0v) is 11.0. The van der Waals surface area contributed by atoms with Crippen molar-refractivity contribution >= 4 is 11.6 Å². The van der Waals surface area contributed by atoms with Crippen LogP contribution < -0.4 is 0 Å². The van der Waals surface area contributed by atoms with E-state index >= 15 is 0 Å². The highest BCUT2D eigenvalue weighted by Crippen LogP contribution is 2.19. The molecule has 0 amide bonds. The molecule has 0 bridgehead atoms. The molecular formula is C13H11ClN4O. The van der Waals surface area contributed by atoms with Crippen molar-refractivity contribution < 1.29 is 4.42 Å². The third kappa shape index (κ3) is 2.66. The van der Waals surface area contributed by atoms with Crippen molar-refractivity contribution in [1.82, 2.24) is 20.0 Å². The van der Waals surface area contributed by atoms with Gasteiger partial charge in [0.15, 0.2) is 0 Å². The molecule has 2 heterocycles. The molecule has 3 aromatic rings. The number of hydrogen-bond donors (Lipinski definition) is 0. The molecule has 0 radical (unpaired) electrons. The highest BCUT2D eigenvalue weighted by molar-refractivity contribution is 6.30. The maximum absolute atomic E-state index is 5.94. The van der Waals surface area contributed by atoms with Gasteiger partial charge in [-0.1, -0.05) is 23.7 Å². The van der Waals surface area contributed by atoms with Crippen molar-refractivity contribution in [2.75, 3.05) is 0 Å². The smallest absolute Gasteiger partial charge is 0.250 e. The van der Waals surface area contributed by atoms with Crippen LogP contribution in [0.5, 0.6) is 0 Å². The predicted molar refractivity (Wildman–Crippen MR) is 70.8 cm³/mol. The zero-order chi connectivity index (χ0) is 13.2. The summed E-state index contributed by atoms with van der Waals surface area (Å²) in [7, 11) is 1.84. The fraction of sp³-hybridized carbons (Fsp3) is 0.154. The molecule has 96 valence electrons. The van der Waals surface area contributed by atoms with Gasteiger partial charge in [-0.3, -0.25) is 4.68 Å². The summed E-state index contributed by atoms with van der Waals surface area (Å²) < 4.78 is 7.30. The van der Waals surface area contributed by atoms with E-state index in [1.807, 2.05) is 37.5 Å². The Morgan fingerprint density at radius 1 is 1.32 bits per heavy atom. The Bertz CT molecular complexity index is 704. The number of aryl methyl sites for hydroxylation is 1. The standard InChI is InChI=1S/C13H11ClN4O/c1-18-8-10(7-15-18)13-17-16-12(19-13)6-9-3-2-4-11(14)5-9/h2-5,7-8H,6H2,1H3. The van der Waals surface area contributed by atoms with Crippen molar-refractivity contribution in [2.45, 2.75) is 6.42 Å². The van der Waals surface area contributed by atoms with Crippen LogP contribution in [0.1, 0.15) is 11.5 Å². The highest BCUT2D eigenvalue weighted by atomic mass is 35.5. The van der Waals surface area contributed by atoms with E-state index in [0.717, 1.165) is 11.1 Å². The fourth-order valence-electron chi connectivity index (χ4n) is 1.79. The van der Waals surface area contributed by atoms with E-state index in [1.54, 1.807) is 10.9 Å². The monoisotopic (exact) mass is 274 g/mol. The Labute approximate surface area is 114 Å². The molecule has 5 nitrogen and oxygen atoms in total. The molecule has 0 aliphatic heterocycles. The van der Waals surface area contributed by atoms with E-state index in [0.29, 0.717) is 23.2 Å². The summed E-state index contributed by atoms with van der Waals surface area (Å²) in [4.78, 5) is 0. The van der Waals surface area contributed by atoms with Crippen LogP contribution in [0.2, 0.25) is 5.02 Å². The molecule has 0 aliphatic carbocycles. The summed E-state index contributed by atoms with van der Waals surface area (Å²) in [6.45, 7) is 0. The van der Waals surface area contributed by atoms with Crippen LogP contribution in [-0.2, 0) is 13.5 Å². The number of nitrogens with zero attached hydrogens (tertiary/aromatic N) is 4. The molecule has 0 unspecified atom stereocenters. The summed E-state index contributed by atoms with van der Waals surface area (Å²) in [6, 6.07) is 7.59. The lowest BCUT2D eigenvalue weighted by Crippen LogP contribution is -1.87. The third-order valence-electron chi connectivity index (χ3n) is 2.66. The van der Waals surface area contributed by atoms with Gasteiger partial charge >= 0.3 is 0 Å². The molecule has 19 heavy (non-hydrogen) atoms. The molecule has 1 aromatic carbocycles. The van der Waals surface area contributed by atoms with Crippen LogP contribution in [0.3, 0.4) is 0 Å². The Morgan fingerprint density at radius 3 is 2.95 bits per heavy atom. The second-order valence-electron chi connectivity index (χ2n) is 4.21. The van der Waals surface area contributed by atoms with Crippen LogP contribution in [0, 0.1) is 0 Å². The van der Waals surface area contributed by atoms with Gasteiger partial charge in [0, 0.05) is 18.3 Å². The molecule has 2 aromatic heterocycles. The first-order valence-electron chi connectivity index (χ1n) is 5.76. The zero-order valence-electron chi connectivity index (χ0n) is 10.2. The fourth-order valence-corrected chi connectivity index (χ4v) is 2.01. The molecule has 3 rings (SSSR count). The molecule has 0 atom stereocenters. The van der Waals surface area contributed by atoms with E-state index in [4.69, 9.17) is 16.0 Å². The molecule has 6 heteroatoms. The summed E-state index contributed by atoms with van der Waals surface area (Å²) in [5.74, 6) is 1.03. The van der Waals surface area contributed by atoms with Gasteiger partial charge in [0.1, 0.15) is 0 Å². The first-order chi connectivity index (χ1) is 9.20. The van der Waals surface area contributed by atoms with Gasteiger partial charge < -0.3 is 4.42 Å². The molecule has 0 saturated carbocycles. The lowest BCUT2D eigenvalue weighted by Gasteiger charge is -1.96. The summed E-state index contributed by atoms with van der Waals surface area (Å²) in [6.07, 6.45) is 4.08. The molecular weight excluding hydrogens is 264 g/mol. The van der Waals surface area contributed by atoms with Crippen LogP contribution in [0.4, 0.5) is 0 Å². The van der Waals surface area contributed by atoms with Crippen molar-refractivity contribution in [3.63, 3.8) is 0 Å². The van der Waals surface area contributed by atoms with Gasteiger partial charge in [-0.25, -0.2) is 0 Å². The Balaban J connectivity index is 1.82. The van der Waals surface area contributed by atoms with Gasteiger partial charge in [0.25, 0.3) is 5.89 Å². The molecule has 0 N–H and O–H groups in total. The van der Waals surface area contributed by atoms with Gasteiger partial charge in [-0.05, 0) is 17.7 Å². The van der Waals surface area contributed by atoms with Crippen LogP contribution in [0.15, 0.2) is 41.1 Å². The SMILES string of the molecule is Cn1cc(-c2nnc(Cc3cccc(Cl)c3)o2)cn1. The number of halogens is 1. The number of hydrogen-bond acceptors (Lipinski definition) is 4. The second kappa shape index (κ2) is 4.85. The van der Waals surface area contributed by atoms with Crippen molar-refractivity contribution in [3.8, 4) is 11.5 Å². The normalized spacial score (nSPS) is 10.8. The average Bonchev–Trinajstić information content (AvgIpc) is 2.98. The lowest BCUT2D eigenvalue weighted by atomic mass is 10.1. The predicted octanol–water partition coefficient (Wildman–Crippen LogP) is 2.71. The van der Waals surface area contributed by atoms with Gasteiger partial charge in [-0.15, -0.1) is 10.2 Å². The van der Waals surface area contributed by atoms with E-state index in [2.05, 4.69) is 15.3 Å². The Morgan fingerprint density at radius 2 is 2.21 bits per heavy atom. The summed E-state index contributed by atoms with van der Waals surface area (Å²) in [5, 5.41) is 12.8. The van der Waals surface area contributed by atoms with Gasteiger partial charge in [0.05, 0.1) is 18.2 Å². The highest BCUT2D eigenvalue weighted by Gasteiger charge is 2.10. The van der Waals surface area contributed by atoms with E-state index in [9.17, 15) is 0 Å². The molecule has 0 aliphatic rings. The number of rotatable bonds is 3. The topological polar surface area (TPSA) is 56.7 Å². The van der Waals surface area contributed by atoms with Gasteiger partial charge in [-0.2, -0.15) is 5.10 Å². The van der Waals surface area contributed by atoms with E-state index in [1.165, 1.54) is 0 Å². The maximum atomic E-state index is 5.94. The minimum Gasteiger partial charge on any atom is -0.420 e. The molecule has 0 saturated heterocycles. The first-order valence-corrected chi connectivity index (χ1v) is 6.14.